The average molecular weight is 346 g/mol. The molecule has 0 heterocycles. The van der Waals surface area contributed by atoms with Gasteiger partial charge in [0.2, 0.25) is 0 Å². The van der Waals surface area contributed by atoms with Crippen LogP contribution >= 0.6 is 0 Å². The molecule has 0 atom stereocenters. The molecule has 0 aliphatic rings. The Kier molecular flexibility index (Phi) is 8.96. The van der Waals surface area contributed by atoms with Crippen LogP contribution < -0.4 is 4.74 Å². The highest BCUT2D eigenvalue weighted by Gasteiger charge is 2.11. The number of aryl methyl sites for hydroxylation is 1. The molecule has 1 aromatic carbocycles. The van der Waals surface area contributed by atoms with Crippen molar-refractivity contribution in [2.45, 2.75) is 58.8 Å². The second-order valence-electron chi connectivity index (χ2n) is 6.58. The normalized spacial score (nSPS) is 11.5. The van der Waals surface area contributed by atoms with Crippen LogP contribution in [-0.4, -0.2) is 26.0 Å². The molecular formula is C21H30O4. The molecule has 0 saturated heterocycles. The molecule has 0 unspecified atom stereocenters. The Morgan fingerprint density at radius 1 is 1.16 bits per heavy atom. The van der Waals surface area contributed by atoms with Crippen LogP contribution in [0.4, 0.5) is 0 Å². The third-order valence-corrected chi connectivity index (χ3v) is 4.23. The lowest BCUT2D eigenvalue weighted by atomic mass is 9.96. The molecule has 4 nitrogen and oxygen atoms in total. The molecule has 0 fully saturated rings. The van der Waals surface area contributed by atoms with E-state index in [-0.39, 0.29) is 12.2 Å². The number of benzene rings is 1. The van der Waals surface area contributed by atoms with Gasteiger partial charge in [0.25, 0.3) is 0 Å². The predicted molar refractivity (Wildman–Crippen MR) is 100 cm³/mol. The smallest absolute Gasteiger partial charge is 0.313 e. The summed E-state index contributed by atoms with van der Waals surface area (Å²) in [7, 11) is 3.02. The van der Waals surface area contributed by atoms with Crippen LogP contribution in [0.5, 0.6) is 5.75 Å². The van der Waals surface area contributed by atoms with Crippen molar-refractivity contribution in [3.05, 3.63) is 41.0 Å². The van der Waals surface area contributed by atoms with Gasteiger partial charge in [-0.1, -0.05) is 43.7 Å². The van der Waals surface area contributed by atoms with Gasteiger partial charge in [-0.15, -0.1) is 0 Å². The summed E-state index contributed by atoms with van der Waals surface area (Å²) in [6, 6.07) is 6.30. The lowest BCUT2D eigenvalue weighted by Gasteiger charge is -2.15. The monoisotopic (exact) mass is 346 g/mol. The van der Waals surface area contributed by atoms with Crippen molar-refractivity contribution >= 4 is 11.8 Å². The summed E-state index contributed by atoms with van der Waals surface area (Å²) >= 11 is 0. The molecule has 1 rings (SSSR count). The molecule has 0 aromatic heterocycles. The SMILES string of the molecule is COC(=O)CC(=O)CC/C(C)=C/CCc1cccc(C(C)C)c1OC. The number of ketones is 1. The first kappa shape index (κ1) is 20.9. The number of allylic oxidation sites excluding steroid dienone is 2. The van der Waals surface area contributed by atoms with Crippen LogP contribution in [0.3, 0.4) is 0 Å². The molecule has 0 aliphatic heterocycles. The summed E-state index contributed by atoms with van der Waals surface area (Å²) < 4.78 is 10.1. The van der Waals surface area contributed by atoms with Gasteiger partial charge in [0, 0.05) is 6.42 Å². The Balaban J connectivity index is 2.55. The molecule has 0 aliphatic carbocycles. The largest absolute Gasteiger partial charge is 0.496 e. The van der Waals surface area contributed by atoms with Crippen LogP contribution in [0.2, 0.25) is 0 Å². The minimum atomic E-state index is -0.469. The second kappa shape index (κ2) is 10.7. The minimum Gasteiger partial charge on any atom is -0.496 e. The van der Waals surface area contributed by atoms with E-state index in [0.29, 0.717) is 18.8 Å². The number of methoxy groups -OCH3 is 2. The van der Waals surface area contributed by atoms with Crippen LogP contribution in [-0.2, 0) is 20.7 Å². The number of carbonyl (C=O) groups excluding carboxylic acids is 2. The van der Waals surface area contributed by atoms with Crippen LogP contribution in [0.25, 0.3) is 0 Å². The Hall–Kier alpha value is -2.10. The summed E-state index contributed by atoms with van der Waals surface area (Å²) in [6.07, 6.45) is 4.88. The van der Waals surface area contributed by atoms with Crippen LogP contribution in [0.1, 0.15) is 63.5 Å². The molecule has 0 N–H and O–H groups in total. The van der Waals surface area contributed by atoms with E-state index in [0.717, 1.165) is 24.2 Å². The van der Waals surface area contributed by atoms with E-state index in [1.54, 1.807) is 7.11 Å². The summed E-state index contributed by atoms with van der Waals surface area (Å²) in [5.74, 6) is 0.861. The Labute approximate surface area is 151 Å². The zero-order valence-electron chi connectivity index (χ0n) is 16.1. The lowest BCUT2D eigenvalue weighted by molar-refractivity contribution is -0.143. The number of hydrogen-bond acceptors (Lipinski definition) is 4. The van der Waals surface area contributed by atoms with Crippen molar-refractivity contribution in [3.63, 3.8) is 0 Å². The average Bonchev–Trinajstić information content (AvgIpc) is 2.59. The van der Waals surface area contributed by atoms with Crippen molar-refractivity contribution in [1.82, 2.24) is 0 Å². The summed E-state index contributed by atoms with van der Waals surface area (Å²) in [6.45, 7) is 6.35. The first-order valence-corrected chi connectivity index (χ1v) is 8.79. The maximum Gasteiger partial charge on any atom is 0.313 e. The van der Waals surface area contributed by atoms with Crippen molar-refractivity contribution in [3.8, 4) is 5.75 Å². The summed E-state index contributed by atoms with van der Waals surface area (Å²) in [5.41, 5.74) is 3.60. The van der Waals surface area contributed by atoms with Crippen molar-refractivity contribution in [2.75, 3.05) is 14.2 Å². The first-order valence-electron chi connectivity index (χ1n) is 8.79. The van der Waals surface area contributed by atoms with E-state index >= 15 is 0 Å². The third-order valence-electron chi connectivity index (χ3n) is 4.23. The molecule has 138 valence electrons. The fourth-order valence-electron chi connectivity index (χ4n) is 2.74. The topological polar surface area (TPSA) is 52.6 Å². The van der Waals surface area contributed by atoms with E-state index in [9.17, 15) is 9.59 Å². The molecule has 4 heteroatoms. The number of esters is 1. The highest BCUT2D eigenvalue weighted by Crippen LogP contribution is 2.30. The predicted octanol–water partition coefficient (Wildman–Crippen LogP) is 4.61. The van der Waals surface area contributed by atoms with Gasteiger partial charge in [0.1, 0.15) is 18.0 Å². The van der Waals surface area contributed by atoms with Gasteiger partial charge >= 0.3 is 5.97 Å². The van der Waals surface area contributed by atoms with Crippen LogP contribution in [0, 0.1) is 0 Å². The zero-order chi connectivity index (χ0) is 18.8. The van der Waals surface area contributed by atoms with Gasteiger partial charge in [-0.2, -0.15) is 0 Å². The Morgan fingerprint density at radius 2 is 1.88 bits per heavy atom. The quantitative estimate of drug-likeness (QED) is 0.353. The second-order valence-corrected chi connectivity index (χ2v) is 6.58. The van der Waals surface area contributed by atoms with Gasteiger partial charge in [-0.05, 0) is 43.2 Å². The fourth-order valence-corrected chi connectivity index (χ4v) is 2.74. The molecular weight excluding hydrogens is 316 g/mol. The molecule has 1 aromatic rings. The highest BCUT2D eigenvalue weighted by atomic mass is 16.5. The number of carbonyl (C=O) groups is 2. The maximum absolute atomic E-state index is 11.7. The number of hydrogen-bond donors (Lipinski definition) is 0. The van der Waals surface area contributed by atoms with Crippen molar-refractivity contribution < 1.29 is 19.1 Å². The molecule has 0 bridgehead atoms. The van der Waals surface area contributed by atoms with Gasteiger partial charge in [-0.25, -0.2) is 0 Å². The number of rotatable bonds is 10. The number of Topliss-reactive ketones (excluding diaryl/α,β-unsaturated/α-hetero) is 1. The van der Waals surface area contributed by atoms with E-state index in [4.69, 9.17) is 4.74 Å². The van der Waals surface area contributed by atoms with E-state index in [1.807, 2.05) is 6.92 Å². The molecule has 25 heavy (non-hydrogen) atoms. The molecule has 0 radical (unpaired) electrons. The highest BCUT2D eigenvalue weighted by molar-refractivity contribution is 5.95. The van der Waals surface area contributed by atoms with Gasteiger partial charge in [0.05, 0.1) is 14.2 Å². The maximum atomic E-state index is 11.7. The van der Waals surface area contributed by atoms with E-state index in [1.165, 1.54) is 18.2 Å². The standard InChI is InChI=1S/C21H30O4/c1-15(2)19-11-7-10-17(21(19)25-5)9-6-8-16(3)12-13-18(22)14-20(23)24-4/h7-8,10-11,15H,6,9,12-14H2,1-5H3/b16-8+. The van der Waals surface area contributed by atoms with Gasteiger partial charge < -0.3 is 9.47 Å². The Morgan fingerprint density at radius 3 is 2.48 bits per heavy atom. The first-order chi connectivity index (χ1) is 11.9. The number of ether oxygens (including phenoxy) is 2. The Bertz CT molecular complexity index is 614. The number of para-hydroxylation sites is 1. The van der Waals surface area contributed by atoms with Crippen molar-refractivity contribution in [2.24, 2.45) is 0 Å². The summed E-state index contributed by atoms with van der Waals surface area (Å²) in [4.78, 5) is 22.7. The van der Waals surface area contributed by atoms with E-state index in [2.05, 4.69) is 42.9 Å². The van der Waals surface area contributed by atoms with Gasteiger partial charge in [0.15, 0.2) is 0 Å². The van der Waals surface area contributed by atoms with Gasteiger partial charge in [-0.3, -0.25) is 9.59 Å². The fraction of sp³-hybridized carbons (Fsp3) is 0.524. The van der Waals surface area contributed by atoms with Crippen LogP contribution in [0.15, 0.2) is 29.8 Å². The van der Waals surface area contributed by atoms with Crippen molar-refractivity contribution in [1.29, 1.82) is 0 Å². The lowest BCUT2D eigenvalue weighted by Crippen LogP contribution is -2.08. The summed E-state index contributed by atoms with van der Waals surface area (Å²) in [5, 5.41) is 0. The molecule has 0 saturated carbocycles. The minimum absolute atomic E-state index is 0.0779. The molecule has 0 spiro atoms. The molecule has 0 amide bonds. The van der Waals surface area contributed by atoms with E-state index < -0.39 is 5.97 Å². The zero-order valence-corrected chi connectivity index (χ0v) is 16.1. The third kappa shape index (κ3) is 7.12.